The molecule has 1 aromatic rings. The minimum Gasteiger partial charge on any atom is -0.462 e. The Morgan fingerprint density at radius 3 is 2.75 bits per heavy atom. The maximum Gasteiger partial charge on any atom is 0.339 e. The van der Waals surface area contributed by atoms with Crippen molar-refractivity contribution in [2.75, 3.05) is 6.61 Å². The third-order valence-corrected chi connectivity index (χ3v) is 3.41. The Balaban J connectivity index is 3.25. The first kappa shape index (κ1) is 13.2. The normalized spacial score (nSPS) is 9.62. The molecule has 0 amide bonds. The molecule has 0 radical (unpaired) electrons. The number of benzene rings is 1. The molecule has 0 spiro atoms. The van der Waals surface area contributed by atoms with Crippen molar-refractivity contribution in [3.05, 3.63) is 33.3 Å². The van der Waals surface area contributed by atoms with Crippen LogP contribution in [0.1, 0.15) is 28.4 Å². The van der Waals surface area contributed by atoms with Crippen LogP contribution in [0.25, 0.3) is 0 Å². The number of hydrogen-bond acceptors (Lipinski definition) is 3. The number of esters is 1. The molecule has 0 aromatic heterocycles. The van der Waals surface area contributed by atoms with Crippen molar-refractivity contribution in [3.63, 3.8) is 0 Å². The molecule has 0 atom stereocenters. The summed E-state index contributed by atoms with van der Waals surface area (Å²) in [6.45, 7) is 2.05. The highest BCUT2D eigenvalue weighted by atomic mass is 79.9. The van der Waals surface area contributed by atoms with Crippen molar-refractivity contribution in [2.45, 2.75) is 12.3 Å². The quantitative estimate of drug-likeness (QED) is 0.622. The minimum atomic E-state index is -0.424. The zero-order valence-corrected chi connectivity index (χ0v) is 11.8. The maximum absolute atomic E-state index is 11.6. The van der Waals surface area contributed by atoms with Crippen LogP contribution in [0.15, 0.2) is 16.6 Å². The van der Waals surface area contributed by atoms with Crippen LogP contribution < -0.4 is 0 Å². The van der Waals surface area contributed by atoms with Gasteiger partial charge in [-0.3, -0.25) is 0 Å². The third-order valence-electron chi connectivity index (χ3n) is 1.98. The van der Waals surface area contributed by atoms with E-state index < -0.39 is 5.97 Å². The van der Waals surface area contributed by atoms with E-state index in [1.54, 1.807) is 19.1 Å². The molecule has 0 aliphatic heterocycles. The molecule has 0 N–H and O–H groups in total. The molecule has 0 heterocycles. The largest absolute Gasteiger partial charge is 0.462 e. The van der Waals surface area contributed by atoms with E-state index in [4.69, 9.17) is 10.00 Å². The van der Waals surface area contributed by atoms with Crippen molar-refractivity contribution >= 4 is 37.8 Å². The van der Waals surface area contributed by atoms with E-state index in [1.165, 1.54) is 0 Å². The average molecular weight is 347 g/mol. The molecule has 84 valence electrons. The van der Waals surface area contributed by atoms with Crippen molar-refractivity contribution in [1.82, 2.24) is 0 Å². The summed E-state index contributed by atoms with van der Waals surface area (Å²) >= 11 is 6.55. The second kappa shape index (κ2) is 6.02. The highest BCUT2D eigenvalue weighted by Gasteiger charge is 2.16. The first-order valence-corrected chi connectivity index (χ1v) is 6.51. The lowest BCUT2D eigenvalue weighted by molar-refractivity contribution is 0.0525. The molecule has 16 heavy (non-hydrogen) atoms. The molecule has 0 unspecified atom stereocenters. The van der Waals surface area contributed by atoms with Gasteiger partial charge in [0.25, 0.3) is 0 Å². The molecule has 0 aliphatic carbocycles. The Hall–Kier alpha value is -0.860. The highest BCUT2D eigenvalue weighted by molar-refractivity contribution is 9.10. The van der Waals surface area contributed by atoms with Gasteiger partial charge in [-0.25, -0.2) is 4.79 Å². The summed E-state index contributed by atoms with van der Waals surface area (Å²) in [7, 11) is 0. The van der Waals surface area contributed by atoms with Crippen LogP contribution in [0.3, 0.4) is 0 Å². The molecule has 1 aromatic carbocycles. The number of halogens is 2. The monoisotopic (exact) mass is 345 g/mol. The molecule has 3 nitrogen and oxygen atoms in total. The number of nitriles is 1. The minimum absolute atomic E-state index is 0.313. The van der Waals surface area contributed by atoms with Crippen LogP contribution >= 0.6 is 31.9 Å². The van der Waals surface area contributed by atoms with Crippen molar-refractivity contribution < 1.29 is 9.53 Å². The SMILES string of the molecule is CCOC(=O)c1ccc(CBr)c(C#N)c1Br. The Labute approximate surface area is 111 Å². The Morgan fingerprint density at radius 1 is 1.56 bits per heavy atom. The lowest BCUT2D eigenvalue weighted by Crippen LogP contribution is -2.07. The molecular formula is C11H9Br2NO2. The number of rotatable bonds is 3. The van der Waals surface area contributed by atoms with Crippen LogP contribution in [0.2, 0.25) is 0 Å². The van der Waals surface area contributed by atoms with Gasteiger partial charge in [0.15, 0.2) is 0 Å². The van der Waals surface area contributed by atoms with E-state index in [0.717, 1.165) is 5.56 Å². The topological polar surface area (TPSA) is 50.1 Å². The summed E-state index contributed by atoms with van der Waals surface area (Å²) in [4.78, 5) is 11.6. The first-order valence-electron chi connectivity index (χ1n) is 4.60. The van der Waals surface area contributed by atoms with Gasteiger partial charge in [-0.2, -0.15) is 5.26 Å². The van der Waals surface area contributed by atoms with Crippen LogP contribution in [-0.2, 0) is 10.1 Å². The maximum atomic E-state index is 11.6. The Morgan fingerprint density at radius 2 is 2.25 bits per heavy atom. The zero-order chi connectivity index (χ0) is 12.1. The molecule has 1 rings (SSSR count). The average Bonchev–Trinajstić information content (AvgIpc) is 2.28. The second-order valence-corrected chi connectivity index (χ2v) is 4.28. The Bertz CT molecular complexity index is 452. The predicted octanol–water partition coefficient (Wildman–Crippen LogP) is 3.39. The van der Waals surface area contributed by atoms with Gasteiger partial charge in [0, 0.05) is 5.33 Å². The number of carbonyl (C=O) groups excluding carboxylic acids is 1. The van der Waals surface area contributed by atoms with Gasteiger partial charge in [-0.1, -0.05) is 22.0 Å². The summed E-state index contributed by atoms with van der Waals surface area (Å²) in [6, 6.07) is 5.46. The van der Waals surface area contributed by atoms with E-state index in [0.29, 0.717) is 27.5 Å². The number of hydrogen-bond donors (Lipinski definition) is 0. The van der Waals surface area contributed by atoms with Crippen LogP contribution in [0, 0.1) is 11.3 Å². The van der Waals surface area contributed by atoms with E-state index in [-0.39, 0.29) is 0 Å². The van der Waals surface area contributed by atoms with Crippen molar-refractivity contribution in [3.8, 4) is 6.07 Å². The fourth-order valence-electron chi connectivity index (χ4n) is 1.21. The van der Waals surface area contributed by atoms with Gasteiger partial charge in [-0.15, -0.1) is 0 Å². The lowest BCUT2D eigenvalue weighted by atomic mass is 10.1. The lowest BCUT2D eigenvalue weighted by Gasteiger charge is -2.08. The zero-order valence-electron chi connectivity index (χ0n) is 8.59. The van der Waals surface area contributed by atoms with Gasteiger partial charge in [0.2, 0.25) is 0 Å². The number of carbonyl (C=O) groups is 1. The van der Waals surface area contributed by atoms with Gasteiger partial charge in [0.1, 0.15) is 6.07 Å². The van der Waals surface area contributed by atoms with E-state index in [9.17, 15) is 4.79 Å². The van der Waals surface area contributed by atoms with Gasteiger partial charge in [-0.05, 0) is 34.5 Å². The first-order chi connectivity index (χ1) is 7.65. The van der Waals surface area contributed by atoms with E-state index >= 15 is 0 Å². The summed E-state index contributed by atoms with van der Waals surface area (Å²) in [5.41, 5.74) is 1.67. The Kier molecular flexibility index (Phi) is 4.97. The molecule has 5 heteroatoms. The molecule has 0 fully saturated rings. The van der Waals surface area contributed by atoms with Crippen LogP contribution in [-0.4, -0.2) is 12.6 Å². The van der Waals surface area contributed by atoms with Crippen LogP contribution in [0.4, 0.5) is 0 Å². The van der Waals surface area contributed by atoms with Gasteiger partial charge in [0.05, 0.1) is 22.2 Å². The summed E-state index contributed by atoms with van der Waals surface area (Å²) in [5, 5.41) is 9.58. The molecule has 0 bridgehead atoms. The number of alkyl halides is 1. The summed E-state index contributed by atoms with van der Waals surface area (Å²) in [5.74, 6) is -0.424. The standard InChI is InChI=1S/C11H9Br2NO2/c1-2-16-11(15)8-4-3-7(5-12)9(6-14)10(8)13/h3-4H,2,5H2,1H3. The van der Waals surface area contributed by atoms with Gasteiger partial charge < -0.3 is 4.74 Å². The van der Waals surface area contributed by atoms with E-state index in [1.807, 2.05) is 0 Å². The fourth-order valence-corrected chi connectivity index (χ4v) is 2.32. The number of nitrogens with zero attached hydrogens (tertiary/aromatic N) is 1. The smallest absolute Gasteiger partial charge is 0.339 e. The predicted molar refractivity (Wildman–Crippen MR) is 67.4 cm³/mol. The van der Waals surface area contributed by atoms with E-state index in [2.05, 4.69) is 37.9 Å². The molecule has 0 saturated heterocycles. The number of ether oxygens (including phenoxy) is 1. The molecular weight excluding hydrogens is 338 g/mol. The fraction of sp³-hybridized carbons (Fsp3) is 0.273. The summed E-state index contributed by atoms with van der Waals surface area (Å²) < 4.78 is 5.38. The summed E-state index contributed by atoms with van der Waals surface area (Å²) in [6.07, 6.45) is 0. The van der Waals surface area contributed by atoms with Crippen LogP contribution in [0.5, 0.6) is 0 Å². The molecule has 0 saturated carbocycles. The van der Waals surface area contributed by atoms with Crippen molar-refractivity contribution in [2.24, 2.45) is 0 Å². The highest BCUT2D eigenvalue weighted by Crippen LogP contribution is 2.26. The van der Waals surface area contributed by atoms with Gasteiger partial charge >= 0.3 is 5.97 Å². The molecule has 0 aliphatic rings. The second-order valence-electron chi connectivity index (χ2n) is 2.93. The third kappa shape index (κ3) is 2.63. The van der Waals surface area contributed by atoms with Crippen molar-refractivity contribution in [1.29, 1.82) is 5.26 Å².